The van der Waals surface area contributed by atoms with Crippen LogP contribution >= 0.6 is 44.1 Å². The third kappa shape index (κ3) is 5.47. The summed E-state index contributed by atoms with van der Waals surface area (Å²) in [5.74, 6) is 1.22. The van der Waals surface area contributed by atoms with Gasteiger partial charge in [0.15, 0.2) is 16.6 Å². The number of hydrazone groups is 1. The van der Waals surface area contributed by atoms with Crippen LogP contribution in [0.15, 0.2) is 50.4 Å². The second kappa shape index (κ2) is 9.00. The zero-order valence-corrected chi connectivity index (χ0v) is 16.7. The van der Waals surface area contributed by atoms with Gasteiger partial charge in [-0.15, -0.1) is 0 Å². The zero-order chi connectivity index (χ0) is 17.5. The number of nitrogens with two attached hydrogens (primary N) is 1. The van der Waals surface area contributed by atoms with Crippen LogP contribution in [0.2, 0.25) is 0 Å². The molecule has 5 nitrogen and oxygen atoms in total. The Hall–Kier alpha value is -1.64. The van der Waals surface area contributed by atoms with E-state index in [-0.39, 0.29) is 5.11 Å². The lowest BCUT2D eigenvalue weighted by Gasteiger charge is -2.13. The first-order valence-electron chi connectivity index (χ1n) is 6.83. The highest BCUT2D eigenvalue weighted by molar-refractivity contribution is 9.10. The Bertz CT molecular complexity index is 752. The van der Waals surface area contributed by atoms with E-state index >= 15 is 0 Å². The fourth-order valence-electron chi connectivity index (χ4n) is 1.86. The number of benzene rings is 2. The summed E-state index contributed by atoms with van der Waals surface area (Å²) < 4.78 is 13.1. The number of methoxy groups -OCH3 is 1. The van der Waals surface area contributed by atoms with Gasteiger partial charge >= 0.3 is 0 Å². The Kier molecular flexibility index (Phi) is 7.01. The van der Waals surface area contributed by atoms with Crippen LogP contribution in [-0.2, 0) is 6.61 Å². The summed E-state index contributed by atoms with van der Waals surface area (Å²) in [6.45, 7) is 0.429. The highest BCUT2D eigenvalue weighted by Gasteiger charge is 2.11. The molecule has 0 saturated heterocycles. The third-order valence-electron chi connectivity index (χ3n) is 2.94. The van der Waals surface area contributed by atoms with Crippen molar-refractivity contribution in [3.63, 3.8) is 0 Å². The van der Waals surface area contributed by atoms with Gasteiger partial charge in [0, 0.05) is 4.47 Å². The van der Waals surface area contributed by atoms with Crippen LogP contribution in [0.4, 0.5) is 0 Å². The van der Waals surface area contributed by atoms with Gasteiger partial charge in [0.2, 0.25) is 0 Å². The highest BCUT2D eigenvalue weighted by Crippen LogP contribution is 2.36. The predicted octanol–water partition coefficient (Wildman–Crippen LogP) is 3.97. The van der Waals surface area contributed by atoms with E-state index < -0.39 is 0 Å². The number of halogens is 2. The maximum atomic E-state index is 5.89. The first-order chi connectivity index (χ1) is 11.5. The lowest BCUT2D eigenvalue weighted by molar-refractivity contribution is 0.282. The molecule has 0 aromatic heterocycles. The third-order valence-corrected chi connectivity index (χ3v) is 4.15. The van der Waals surface area contributed by atoms with Gasteiger partial charge < -0.3 is 15.2 Å². The normalized spacial score (nSPS) is 10.6. The number of nitrogens with one attached hydrogen (secondary N) is 1. The number of hydrogen-bond acceptors (Lipinski definition) is 4. The molecule has 0 spiro atoms. The van der Waals surface area contributed by atoms with Crippen LogP contribution in [0.1, 0.15) is 11.1 Å². The molecule has 0 heterocycles. The van der Waals surface area contributed by atoms with Crippen LogP contribution in [0.3, 0.4) is 0 Å². The smallest absolute Gasteiger partial charge is 0.184 e. The molecular weight excluding hydrogens is 458 g/mol. The largest absolute Gasteiger partial charge is 0.493 e. The summed E-state index contributed by atoms with van der Waals surface area (Å²) in [6, 6.07) is 11.6. The van der Waals surface area contributed by atoms with E-state index in [1.165, 1.54) is 0 Å². The van der Waals surface area contributed by atoms with Gasteiger partial charge in [-0.3, -0.25) is 5.43 Å². The predicted molar refractivity (Wildman–Crippen MR) is 107 cm³/mol. The average molecular weight is 473 g/mol. The fourth-order valence-corrected chi connectivity index (χ4v) is 2.75. The van der Waals surface area contributed by atoms with E-state index in [4.69, 9.17) is 27.4 Å². The van der Waals surface area contributed by atoms with E-state index in [2.05, 4.69) is 42.4 Å². The molecule has 0 aliphatic rings. The molecule has 0 bridgehead atoms. The molecule has 2 aromatic carbocycles. The molecular formula is C16H15Br2N3O2S. The summed E-state index contributed by atoms with van der Waals surface area (Å²) in [5, 5.41) is 4.03. The molecule has 0 unspecified atom stereocenters. The van der Waals surface area contributed by atoms with Crippen molar-refractivity contribution in [1.29, 1.82) is 0 Å². The van der Waals surface area contributed by atoms with Crippen molar-refractivity contribution in [1.82, 2.24) is 5.43 Å². The van der Waals surface area contributed by atoms with E-state index in [0.717, 1.165) is 20.1 Å². The maximum absolute atomic E-state index is 5.89. The quantitative estimate of drug-likeness (QED) is 0.378. The van der Waals surface area contributed by atoms with E-state index in [1.807, 2.05) is 36.4 Å². The van der Waals surface area contributed by atoms with Gasteiger partial charge in [-0.25, -0.2) is 0 Å². The molecule has 0 aliphatic carbocycles. The van der Waals surface area contributed by atoms with Gasteiger partial charge in [-0.05, 0) is 63.5 Å². The maximum Gasteiger partial charge on any atom is 0.184 e. The number of rotatable bonds is 6. The molecule has 0 saturated carbocycles. The fraction of sp³-hybridized carbons (Fsp3) is 0.125. The van der Waals surface area contributed by atoms with Crippen molar-refractivity contribution in [3.05, 3.63) is 56.5 Å². The average Bonchev–Trinajstić information content (AvgIpc) is 2.54. The molecule has 3 N–H and O–H groups in total. The van der Waals surface area contributed by atoms with Crippen molar-refractivity contribution in [2.24, 2.45) is 10.8 Å². The molecule has 0 aliphatic heterocycles. The second-order valence-electron chi connectivity index (χ2n) is 4.68. The number of nitrogens with zero attached hydrogens (tertiary/aromatic N) is 1. The van der Waals surface area contributed by atoms with Crippen LogP contribution in [-0.4, -0.2) is 18.4 Å². The van der Waals surface area contributed by atoms with E-state index in [0.29, 0.717) is 18.1 Å². The monoisotopic (exact) mass is 471 g/mol. The first-order valence-corrected chi connectivity index (χ1v) is 8.82. The van der Waals surface area contributed by atoms with E-state index in [1.54, 1.807) is 13.3 Å². The van der Waals surface area contributed by atoms with Crippen LogP contribution in [0.25, 0.3) is 0 Å². The SMILES string of the molecule is COc1cc(C=NNC(N)=S)cc(Br)c1OCc1ccc(Br)cc1. The Morgan fingerprint density at radius 1 is 1.29 bits per heavy atom. The molecule has 8 heteroatoms. The molecule has 2 rings (SSSR count). The summed E-state index contributed by atoms with van der Waals surface area (Å²) in [7, 11) is 1.59. The second-order valence-corrected chi connectivity index (χ2v) is 6.89. The van der Waals surface area contributed by atoms with Gasteiger partial charge in [0.25, 0.3) is 0 Å². The summed E-state index contributed by atoms with van der Waals surface area (Å²) in [4.78, 5) is 0. The minimum Gasteiger partial charge on any atom is -0.493 e. The highest BCUT2D eigenvalue weighted by atomic mass is 79.9. The minimum atomic E-state index is 0.103. The van der Waals surface area contributed by atoms with Crippen LogP contribution in [0, 0.1) is 0 Å². The zero-order valence-electron chi connectivity index (χ0n) is 12.8. The summed E-state index contributed by atoms with van der Waals surface area (Å²) in [6.07, 6.45) is 1.59. The van der Waals surface area contributed by atoms with Gasteiger partial charge in [0.1, 0.15) is 6.61 Å². The lowest BCUT2D eigenvalue weighted by Crippen LogP contribution is -2.23. The van der Waals surface area contributed by atoms with Crippen LogP contribution < -0.4 is 20.6 Å². The number of thiocarbonyl (C=S) groups is 1. The Morgan fingerprint density at radius 2 is 2.00 bits per heavy atom. The van der Waals surface area contributed by atoms with Crippen molar-refractivity contribution >= 4 is 55.4 Å². The summed E-state index contributed by atoms with van der Waals surface area (Å²) >= 11 is 11.6. The molecule has 2 aromatic rings. The molecule has 24 heavy (non-hydrogen) atoms. The lowest BCUT2D eigenvalue weighted by atomic mass is 10.2. The molecule has 126 valence electrons. The molecule has 0 radical (unpaired) electrons. The van der Waals surface area contributed by atoms with Crippen LogP contribution in [0.5, 0.6) is 11.5 Å². The molecule has 0 fully saturated rings. The first kappa shape index (κ1) is 18.7. The Labute approximate surface area is 162 Å². The van der Waals surface area contributed by atoms with Gasteiger partial charge in [-0.1, -0.05) is 28.1 Å². The standard InChI is InChI=1S/C16H15Br2N3O2S/c1-22-14-7-11(8-20-21-16(19)24)6-13(18)15(14)23-9-10-2-4-12(17)5-3-10/h2-8H,9H2,1H3,(H3,19,21,24). The van der Waals surface area contributed by atoms with Crippen molar-refractivity contribution in [3.8, 4) is 11.5 Å². The van der Waals surface area contributed by atoms with Gasteiger partial charge in [-0.2, -0.15) is 5.10 Å². The Balaban J connectivity index is 2.15. The molecule has 0 atom stereocenters. The topological polar surface area (TPSA) is 68.9 Å². The number of hydrogen-bond donors (Lipinski definition) is 2. The van der Waals surface area contributed by atoms with Crippen molar-refractivity contribution in [2.75, 3.05) is 7.11 Å². The van der Waals surface area contributed by atoms with E-state index in [9.17, 15) is 0 Å². The van der Waals surface area contributed by atoms with Crippen molar-refractivity contribution < 1.29 is 9.47 Å². The van der Waals surface area contributed by atoms with Crippen molar-refractivity contribution in [2.45, 2.75) is 6.61 Å². The minimum absolute atomic E-state index is 0.103. The number of ether oxygens (including phenoxy) is 2. The van der Waals surface area contributed by atoms with Gasteiger partial charge in [0.05, 0.1) is 17.8 Å². The Morgan fingerprint density at radius 3 is 2.62 bits per heavy atom. The molecule has 0 amide bonds. The summed E-state index contributed by atoms with van der Waals surface area (Å²) in [5.41, 5.74) is 9.68.